The number of carbonyl (C=O) groups is 1. The molecule has 1 aliphatic heterocycles. The van der Waals surface area contributed by atoms with E-state index in [2.05, 4.69) is 39.6 Å². The Morgan fingerprint density at radius 3 is 2.57 bits per heavy atom. The summed E-state index contributed by atoms with van der Waals surface area (Å²) in [6.07, 6.45) is 10.8. The number of nitrogens with zero attached hydrogens (tertiary/aromatic N) is 3. The van der Waals surface area contributed by atoms with Crippen LogP contribution in [0.1, 0.15) is 55.3 Å². The highest BCUT2D eigenvalue weighted by Crippen LogP contribution is 2.59. The molecule has 2 aromatic rings. The van der Waals surface area contributed by atoms with Gasteiger partial charge in [-0.15, -0.1) is 0 Å². The van der Waals surface area contributed by atoms with Gasteiger partial charge in [-0.1, -0.05) is 30.3 Å². The van der Waals surface area contributed by atoms with Gasteiger partial charge in [-0.2, -0.15) is 11.8 Å². The Kier molecular flexibility index (Phi) is 6.61. The van der Waals surface area contributed by atoms with Gasteiger partial charge >= 0.3 is 6.09 Å². The molecule has 4 saturated carbocycles. The number of thioether (sulfide) groups is 1. The molecule has 7 rings (SSSR count). The number of aromatic nitrogens is 2. The second kappa shape index (κ2) is 10.00. The molecule has 1 N–H and O–H groups in total. The molecule has 35 heavy (non-hydrogen) atoms. The van der Waals surface area contributed by atoms with Gasteiger partial charge in [-0.05, 0) is 73.7 Å². The van der Waals surface area contributed by atoms with Gasteiger partial charge in [-0.25, -0.2) is 14.8 Å². The lowest BCUT2D eigenvalue weighted by Gasteiger charge is -2.57. The minimum absolute atomic E-state index is 0.238. The average molecular weight is 493 g/mol. The summed E-state index contributed by atoms with van der Waals surface area (Å²) in [4.78, 5) is 23.6. The fourth-order valence-corrected chi connectivity index (χ4v) is 8.26. The molecule has 5 aliphatic rings. The predicted octanol–water partition coefficient (Wildman–Crippen LogP) is 5.53. The maximum Gasteiger partial charge on any atom is 0.410 e. The second-order valence-electron chi connectivity index (χ2n) is 11.2. The lowest BCUT2D eigenvalue weighted by atomic mass is 9.49. The molecule has 0 spiro atoms. The molecule has 1 amide bonds. The summed E-state index contributed by atoms with van der Waals surface area (Å²) in [5, 5.41) is 3.75. The minimum atomic E-state index is -0.238. The Bertz CT molecular complexity index is 1010. The van der Waals surface area contributed by atoms with E-state index < -0.39 is 0 Å². The largest absolute Gasteiger partial charge is 0.449 e. The number of hydrogen-bond acceptors (Lipinski definition) is 6. The van der Waals surface area contributed by atoms with Gasteiger partial charge in [0.25, 0.3) is 0 Å². The summed E-state index contributed by atoms with van der Waals surface area (Å²) in [5.41, 5.74) is 3.90. The molecule has 6 nitrogen and oxygen atoms in total. The Hall–Kier alpha value is -2.28. The van der Waals surface area contributed by atoms with E-state index in [9.17, 15) is 4.79 Å². The van der Waals surface area contributed by atoms with Crippen LogP contribution in [-0.4, -0.2) is 46.4 Å². The van der Waals surface area contributed by atoms with Crippen molar-refractivity contribution in [3.05, 3.63) is 53.5 Å². The van der Waals surface area contributed by atoms with Crippen molar-refractivity contribution in [2.45, 2.75) is 57.2 Å². The van der Waals surface area contributed by atoms with Crippen molar-refractivity contribution in [1.82, 2.24) is 14.9 Å². The quantitative estimate of drug-likeness (QED) is 0.489. The standard InChI is InChI=1S/C28H36N4O2S/c33-27(34-8-9-35-17-20-4-2-1-3-5-20)32-7-6-24-25(16-32)30-19-31-26(24)29-18-28-13-21-10-22(14-28)12-23(11-21)15-28/h1-5,19,21-23H,6-18H2,(H,29,30,31). The first-order valence-electron chi connectivity index (χ1n) is 13.3. The topological polar surface area (TPSA) is 67.3 Å². The number of benzene rings is 1. The molecular formula is C28H36N4O2S. The van der Waals surface area contributed by atoms with Crippen LogP contribution in [0.3, 0.4) is 0 Å². The van der Waals surface area contributed by atoms with Crippen LogP contribution in [0.4, 0.5) is 10.6 Å². The summed E-state index contributed by atoms with van der Waals surface area (Å²) >= 11 is 1.79. The number of amides is 1. The third-order valence-electron chi connectivity index (χ3n) is 8.63. The summed E-state index contributed by atoms with van der Waals surface area (Å²) in [6.45, 7) is 2.62. The van der Waals surface area contributed by atoms with E-state index in [1.807, 2.05) is 6.07 Å². The lowest BCUT2D eigenvalue weighted by Crippen LogP contribution is -2.49. The van der Waals surface area contributed by atoms with E-state index in [1.165, 1.54) is 49.7 Å². The smallest absolute Gasteiger partial charge is 0.410 e. The molecule has 1 aromatic heterocycles. The predicted molar refractivity (Wildman–Crippen MR) is 139 cm³/mol. The zero-order valence-corrected chi connectivity index (χ0v) is 21.3. The van der Waals surface area contributed by atoms with Gasteiger partial charge in [0.05, 0.1) is 12.2 Å². The number of fused-ring (bicyclic) bond motifs is 1. The molecule has 0 unspecified atom stereocenters. The van der Waals surface area contributed by atoms with Crippen molar-refractivity contribution in [3.8, 4) is 0 Å². The summed E-state index contributed by atoms with van der Waals surface area (Å²) in [7, 11) is 0. The highest BCUT2D eigenvalue weighted by Gasteiger charge is 2.50. The van der Waals surface area contributed by atoms with E-state index in [-0.39, 0.29) is 6.09 Å². The highest BCUT2D eigenvalue weighted by atomic mass is 32.2. The molecule has 0 atom stereocenters. The fourth-order valence-electron chi connectivity index (χ4n) is 7.48. The summed E-state index contributed by atoms with van der Waals surface area (Å²) in [6, 6.07) is 10.4. The number of rotatable bonds is 8. The first-order chi connectivity index (χ1) is 17.2. The van der Waals surface area contributed by atoms with Gasteiger partial charge in [0.15, 0.2) is 0 Å². The van der Waals surface area contributed by atoms with E-state index in [1.54, 1.807) is 23.0 Å². The SMILES string of the molecule is O=C(OCCSCc1ccccc1)N1CCc2c(ncnc2NCC23CC4CC(CC(C4)C2)C3)C1. The fraction of sp³-hybridized carbons (Fsp3) is 0.607. The molecule has 1 aromatic carbocycles. The Morgan fingerprint density at radius 1 is 1.09 bits per heavy atom. The van der Waals surface area contributed by atoms with E-state index in [0.29, 0.717) is 25.1 Å². The van der Waals surface area contributed by atoms with Crippen molar-refractivity contribution >= 4 is 23.7 Å². The number of nitrogens with one attached hydrogen (secondary N) is 1. The number of carbonyl (C=O) groups excluding carboxylic acids is 1. The van der Waals surface area contributed by atoms with Crippen molar-refractivity contribution in [3.63, 3.8) is 0 Å². The highest BCUT2D eigenvalue weighted by molar-refractivity contribution is 7.98. The van der Waals surface area contributed by atoms with Gasteiger partial charge in [-0.3, -0.25) is 0 Å². The normalized spacial score (nSPS) is 28.6. The summed E-state index contributed by atoms with van der Waals surface area (Å²) in [5.74, 6) is 5.59. The van der Waals surface area contributed by atoms with E-state index >= 15 is 0 Å². The van der Waals surface area contributed by atoms with Crippen molar-refractivity contribution in [2.75, 3.05) is 30.8 Å². The third-order valence-corrected chi connectivity index (χ3v) is 9.62. The average Bonchev–Trinajstić information content (AvgIpc) is 2.86. The monoisotopic (exact) mass is 492 g/mol. The maximum absolute atomic E-state index is 12.6. The summed E-state index contributed by atoms with van der Waals surface area (Å²) < 4.78 is 5.56. The zero-order valence-electron chi connectivity index (χ0n) is 20.5. The molecule has 2 heterocycles. The van der Waals surface area contributed by atoms with Crippen LogP contribution >= 0.6 is 11.8 Å². The van der Waals surface area contributed by atoms with Crippen LogP contribution in [0.15, 0.2) is 36.7 Å². The number of ether oxygens (including phenoxy) is 1. The second-order valence-corrected chi connectivity index (χ2v) is 12.3. The molecule has 0 radical (unpaired) electrons. The first-order valence-corrected chi connectivity index (χ1v) is 14.4. The van der Waals surface area contributed by atoms with Crippen LogP contribution in [0.25, 0.3) is 0 Å². The van der Waals surface area contributed by atoms with Crippen molar-refractivity contribution < 1.29 is 9.53 Å². The molecule has 4 aliphatic carbocycles. The van der Waals surface area contributed by atoms with Gasteiger partial charge in [0.2, 0.25) is 0 Å². The number of hydrogen-bond donors (Lipinski definition) is 1. The van der Waals surface area contributed by atoms with E-state index in [0.717, 1.165) is 53.7 Å². The van der Waals surface area contributed by atoms with Crippen molar-refractivity contribution in [1.29, 1.82) is 0 Å². The van der Waals surface area contributed by atoms with E-state index in [4.69, 9.17) is 4.74 Å². The Balaban J connectivity index is 0.994. The molecule has 4 fully saturated rings. The van der Waals surface area contributed by atoms with Crippen LogP contribution in [-0.2, 0) is 23.5 Å². The molecule has 7 heteroatoms. The maximum atomic E-state index is 12.6. The van der Waals surface area contributed by atoms with Gasteiger partial charge in [0, 0.05) is 30.2 Å². The lowest BCUT2D eigenvalue weighted by molar-refractivity contribution is -0.0444. The molecule has 186 valence electrons. The molecule has 4 bridgehead atoms. The Labute approximate surface area is 212 Å². The van der Waals surface area contributed by atoms with Crippen LogP contribution in [0, 0.1) is 23.2 Å². The Morgan fingerprint density at radius 2 is 1.83 bits per heavy atom. The van der Waals surface area contributed by atoms with Crippen LogP contribution in [0.5, 0.6) is 0 Å². The van der Waals surface area contributed by atoms with Crippen LogP contribution in [0.2, 0.25) is 0 Å². The van der Waals surface area contributed by atoms with Crippen LogP contribution < -0.4 is 5.32 Å². The first kappa shape index (κ1) is 23.1. The van der Waals surface area contributed by atoms with Gasteiger partial charge < -0.3 is 15.0 Å². The van der Waals surface area contributed by atoms with Crippen molar-refractivity contribution in [2.24, 2.45) is 23.2 Å². The molecular weight excluding hydrogens is 456 g/mol. The molecule has 0 saturated heterocycles. The zero-order chi connectivity index (χ0) is 23.7. The number of anilines is 1. The minimum Gasteiger partial charge on any atom is -0.449 e. The van der Waals surface area contributed by atoms with Gasteiger partial charge in [0.1, 0.15) is 18.8 Å². The third kappa shape index (κ3) is 5.16.